The highest BCUT2D eigenvalue weighted by Crippen LogP contribution is 2.38. The Balaban J connectivity index is 2.12. The number of rotatable bonds is 9. The van der Waals surface area contributed by atoms with E-state index in [0.717, 1.165) is 10.7 Å². The van der Waals surface area contributed by atoms with Gasteiger partial charge in [0.05, 0.1) is 28.6 Å². The number of carboxylic acids is 1. The van der Waals surface area contributed by atoms with Gasteiger partial charge < -0.3 is 14.6 Å². The second kappa shape index (κ2) is 10.2. The van der Waals surface area contributed by atoms with Gasteiger partial charge in [0.1, 0.15) is 5.82 Å². The molecule has 33 heavy (non-hydrogen) atoms. The average Bonchev–Trinajstić information content (AvgIpc) is 2.77. The molecule has 1 aromatic heterocycles. The third-order valence-electron chi connectivity index (χ3n) is 4.41. The molecule has 172 valence electrons. The van der Waals surface area contributed by atoms with Gasteiger partial charge in [-0.05, 0) is 31.2 Å². The molecule has 3 rings (SSSR count). The monoisotopic (exact) mass is 518 g/mol. The molecular formula is C21H19BrN4O7. The van der Waals surface area contributed by atoms with Gasteiger partial charge in [-0.25, -0.2) is 9.78 Å². The number of aliphatic carboxylic acids is 1. The van der Waals surface area contributed by atoms with Crippen molar-refractivity contribution in [3.63, 3.8) is 0 Å². The average molecular weight is 519 g/mol. The van der Waals surface area contributed by atoms with E-state index in [-0.39, 0.29) is 23.7 Å². The fraction of sp³-hybridized carbons (Fsp3) is 0.238. The molecule has 0 aliphatic rings. The molecule has 0 spiro atoms. The maximum atomic E-state index is 13.0. The molecule has 0 amide bonds. The van der Waals surface area contributed by atoms with E-state index >= 15 is 0 Å². The number of aromatic nitrogens is 2. The van der Waals surface area contributed by atoms with Crippen molar-refractivity contribution < 1.29 is 24.3 Å². The summed E-state index contributed by atoms with van der Waals surface area (Å²) < 4.78 is 12.4. The largest absolute Gasteiger partial charge is 0.490 e. The second-order valence-electron chi connectivity index (χ2n) is 6.64. The highest BCUT2D eigenvalue weighted by Gasteiger charge is 2.23. The number of nitro benzene ring substituents is 1. The highest BCUT2D eigenvalue weighted by atomic mass is 79.9. The molecule has 2 aromatic carbocycles. The summed E-state index contributed by atoms with van der Waals surface area (Å²) >= 11 is 3.33. The first-order chi connectivity index (χ1) is 15.7. The van der Waals surface area contributed by atoms with Crippen molar-refractivity contribution in [1.29, 1.82) is 0 Å². The van der Waals surface area contributed by atoms with Crippen LogP contribution in [0.5, 0.6) is 11.5 Å². The zero-order valence-corrected chi connectivity index (χ0v) is 19.2. The fourth-order valence-corrected chi connectivity index (χ4v) is 3.39. The van der Waals surface area contributed by atoms with Gasteiger partial charge in [-0.1, -0.05) is 22.9 Å². The van der Waals surface area contributed by atoms with Crippen LogP contribution in [0.1, 0.15) is 25.2 Å². The van der Waals surface area contributed by atoms with E-state index in [1.54, 1.807) is 25.1 Å². The Morgan fingerprint density at radius 2 is 2.06 bits per heavy atom. The molecule has 0 aliphatic carbocycles. The Labute approximate surface area is 195 Å². The zero-order valence-electron chi connectivity index (χ0n) is 17.6. The molecule has 11 nitrogen and oxygen atoms in total. The number of ether oxygens (including phenoxy) is 2. The van der Waals surface area contributed by atoms with Gasteiger partial charge >= 0.3 is 11.7 Å². The molecule has 0 saturated carbocycles. The van der Waals surface area contributed by atoms with E-state index in [4.69, 9.17) is 14.6 Å². The third kappa shape index (κ3) is 5.34. The van der Waals surface area contributed by atoms with Crippen LogP contribution in [0.15, 0.2) is 44.7 Å². The van der Waals surface area contributed by atoms with Crippen molar-refractivity contribution in [2.75, 3.05) is 13.2 Å². The molecule has 0 aliphatic heterocycles. The summed E-state index contributed by atoms with van der Waals surface area (Å²) in [5, 5.41) is 25.0. The SMILES string of the molecule is CCOc1cc(C=Nn2c(CC)nc3ccc(Br)cc3c2=O)cc([N+](=O)[O-])c1OCC(=O)O. The number of benzene rings is 2. The minimum absolute atomic E-state index is 0.0157. The van der Waals surface area contributed by atoms with Crippen LogP contribution in [0, 0.1) is 10.1 Å². The number of carbonyl (C=O) groups is 1. The summed E-state index contributed by atoms with van der Waals surface area (Å²) in [6.07, 6.45) is 1.69. The summed E-state index contributed by atoms with van der Waals surface area (Å²) in [6.45, 7) is 2.87. The van der Waals surface area contributed by atoms with Crippen molar-refractivity contribution >= 4 is 44.7 Å². The van der Waals surface area contributed by atoms with Gasteiger partial charge in [0, 0.05) is 22.5 Å². The lowest BCUT2D eigenvalue weighted by Gasteiger charge is -2.12. The molecular weight excluding hydrogens is 500 g/mol. The van der Waals surface area contributed by atoms with E-state index < -0.39 is 28.7 Å². The Kier molecular flexibility index (Phi) is 7.38. The first-order valence-corrected chi connectivity index (χ1v) is 10.6. The van der Waals surface area contributed by atoms with Gasteiger partial charge in [-0.2, -0.15) is 9.78 Å². The molecule has 0 saturated heterocycles. The summed E-state index contributed by atoms with van der Waals surface area (Å²) in [6, 6.07) is 7.72. The van der Waals surface area contributed by atoms with Crippen molar-refractivity contribution in [2.45, 2.75) is 20.3 Å². The lowest BCUT2D eigenvalue weighted by Crippen LogP contribution is -2.22. The standard InChI is InChI=1S/C21H19BrN4O7/c1-3-18-24-15-6-5-13(22)9-14(15)21(29)25(18)23-10-12-7-16(26(30)31)20(33-11-19(27)28)17(8-12)32-4-2/h5-10H,3-4,11H2,1-2H3,(H,27,28). The maximum Gasteiger partial charge on any atom is 0.341 e. The number of carboxylic acid groups (broad SMARTS) is 1. The normalized spacial score (nSPS) is 11.1. The maximum absolute atomic E-state index is 13.0. The van der Waals surface area contributed by atoms with Crippen LogP contribution in [0.25, 0.3) is 10.9 Å². The number of hydrogen-bond acceptors (Lipinski definition) is 8. The van der Waals surface area contributed by atoms with Crippen molar-refractivity contribution in [3.8, 4) is 11.5 Å². The Morgan fingerprint density at radius 3 is 2.70 bits per heavy atom. The van der Waals surface area contributed by atoms with Crippen LogP contribution in [0.3, 0.4) is 0 Å². The number of aryl methyl sites for hydroxylation is 1. The summed E-state index contributed by atoms with van der Waals surface area (Å²) in [7, 11) is 0. The predicted molar refractivity (Wildman–Crippen MR) is 123 cm³/mol. The van der Waals surface area contributed by atoms with E-state index in [0.29, 0.717) is 27.6 Å². The van der Waals surface area contributed by atoms with Crippen LogP contribution in [-0.4, -0.2) is 45.1 Å². The van der Waals surface area contributed by atoms with Gasteiger partial charge in [0.15, 0.2) is 12.4 Å². The van der Waals surface area contributed by atoms with E-state index in [1.165, 1.54) is 12.3 Å². The molecule has 12 heteroatoms. The van der Waals surface area contributed by atoms with Crippen LogP contribution < -0.4 is 15.0 Å². The van der Waals surface area contributed by atoms with E-state index in [2.05, 4.69) is 26.0 Å². The summed E-state index contributed by atoms with van der Waals surface area (Å²) in [4.78, 5) is 39.2. The topological polar surface area (TPSA) is 146 Å². The van der Waals surface area contributed by atoms with Gasteiger partial charge in [0.25, 0.3) is 5.56 Å². The highest BCUT2D eigenvalue weighted by molar-refractivity contribution is 9.10. The lowest BCUT2D eigenvalue weighted by atomic mass is 10.2. The van der Waals surface area contributed by atoms with Crippen LogP contribution in [0.2, 0.25) is 0 Å². The first-order valence-electron chi connectivity index (χ1n) is 9.80. The Morgan fingerprint density at radius 1 is 1.30 bits per heavy atom. The number of nitro groups is 1. The predicted octanol–water partition coefficient (Wildman–Crippen LogP) is 3.37. The number of nitrogens with zero attached hydrogens (tertiary/aromatic N) is 4. The number of fused-ring (bicyclic) bond motifs is 1. The zero-order chi connectivity index (χ0) is 24.1. The minimum atomic E-state index is -1.29. The molecule has 1 heterocycles. The fourth-order valence-electron chi connectivity index (χ4n) is 3.03. The van der Waals surface area contributed by atoms with Gasteiger partial charge in [-0.3, -0.25) is 14.9 Å². The molecule has 0 radical (unpaired) electrons. The summed E-state index contributed by atoms with van der Waals surface area (Å²) in [5.41, 5.74) is -0.112. The quantitative estimate of drug-likeness (QED) is 0.257. The lowest BCUT2D eigenvalue weighted by molar-refractivity contribution is -0.385. The molecule has 3 aromatic rings. The molecule has 1 N–H and O–H groups in total. The van der Waals surface area contributed by atoms with Crippen LogP contribution in [0.4, 0.5) is 5.69 Å². The van der Waals surface area contributed by atoms with Gasteiger partial charge in [0.2, 0.25) is 5.75 Å². The second-order valence-corrected chi connectivity index (χ2v) is 7.56. The van der Waals surface area contributed by atoms with Crippen LogP contribution in [-0.2, 0) is 11.2 Å². The molecule has 0 unspecified atom stereocenters. The molecule has 0 fully saturated rings. The smallest absolute Gasteiger partial charge is 0.341 e. The molecule has 0 atom stereocenters. The van der Waals surface area contributed by atoms with Crippen molar-refractivity contribution in [2.24, 2.45) is 5.10 Å². The van der Waals surface area contributed by atoms with Gasteiger partial charge in [-0.15, -0.1) is 0 Å². The Bertz CT molecular complexity index is 1320. The van der Waals surface area contributed by atoms with Crippen LogP contribution >= 0.6 is 15.9 Å². The van der Waals surface area contributed by atoms with E-state index in [9.17, 15) is 19.7 Å². The number of halogens is 1. The van der Waals surface area contributed by atoms with Crippen molar-refractivity contribution in [1.82, 2.24) is 9.66 Å². The first kappa shape index (κ1) is 23.9. The van der Waals surface area contributed by atoms with E-state index in [1.807, 2.05) is 6.92 Å². The third-order valence-corrected chi connectivity index (χ3v) is 4.90. The van der Waals surface area contributed by atoms with Crippen molar-refractivity contribution in [3.05, 3.63) is 66.7 Å². The number of hydrogen-bond donors (Lipinski definition) is 1. The molecule has 0 bridgehead atoms. The summed E-state index contributed by atoms with van der Waals surface area (Å²) in [5.74, 6) is -1.20. The minimum Gasteiger partial charge on any atom is -0.490 e. The Hall–Kier alpha value is -3.80.